The van der Waals surface area contributed by atoms with E-state index in [4.69, 9.17) is 5.26 Å². The lowest BCUT2D eigenvalue weighted by atomic mass is 9.96. The number of nitrogens with zero attached hydrogens (tertiary/aromatic N) is 2. The van der Waals surface area contributed by atoms with Gasteiger partial charge in [-0.05, 0) is 6.07 Å². The topological polar surface area (TPSA) is 44.1 Å². The first kappa shape index (κ1) is 12.2. The molecule has 0 aliphatic carbocycles. The molecule has 0 saturated heterocycles. The summed E-state index contributed by atoms with van der Waals surface area (Å²) in [6.07, 6.45) is 0.00440. The van der Waals surface area contributed by atoms with E-state index in [1.165, 1.54) is 17.0 Å². The first-order valence-electron chi connectivity index (χ1n) is 4.90. The number of amides is 1. The minimum Gasteiger partial charge on any atom is -0.349 e. The van der Waals surface area contributed by atoms with Crippen LogP contribution in [0.1, 0.15) is 17.9 Å². The highest BCUT2D eigenvalue weighted by atomic mass is 19.1. The van der Waals surface area contributed by atoms with Crippen molar-refractivity contribution in [2.45, 2.75) is 12.3 Å². The largest absolute Gasteiger partial charge is 0.349 e. The van der Waals surface area contributed by atoms with Crippen LogP contribution in [0.5, 0.6) is 0 Å². The molecular formula is C12H13FN2O. The molecule has 0 aliphatic rings. The van der Waals surface area contributed by atoms with Gasteiger partial charge in [0.15, 0.2) is 0 Å². The summed E-state index contributed by atoms with van der Waals surface area (Å²) in [7, 11) is 3.22. The van der Waals surface area contributed by atoms with Crippen molar-refractivity contribution in [1.82, 2.24) is 4.90 Å². The molecule has 0 spiro atoms. The minimum atomic E-state index is -0.726. The number of benzene rings is 1. The molecule has 16 heavy (non-hydrogen) atoms. The van der Waals surface area contributed by atoms with Crippen LogP contribution >= 0.6 is 0 Å². The number of hydrogen-bond acceptors (Lipinski definition) is 2. The summed E-state index contributed by atoms with van der Waals surface area (Å²) in [5.41, 5.74) is 0.278. The molecule has 1 amide bonds. The normalized spacial score (nSPS) is 11.6. The van der Waals surface area contributed by atoms with Crippen molar-refractivity contribution < 1.29 is 9.18 Å². The van der Waals surface area contributed by atoms with E-state index < -0.39 is 11.7 Å². The van der Waals surface area contributed by atoms with Crippen molar-refractivity contribution in [3.8, 4) is 6.07 Å². The zero-order valence-corrected chi connectivity index (χ0v) is 9.27. The summed E-state index contributed by atoms with van der Waals surface area (Å²) in [5.74, 6) is -1.36. The molecule has 3 nitrogen and oxygen atoms in total. The lowest BCUT2D eigenvalue weighted by Gasteiger charge is -2.14. The Bertz CT molecular complexity index is 423. The zero-order chi connectivity index (χ0) is 12.1. The molecule has 0 saturated carbocycles. The average Bonchev–Trinajstić information content (AvgIpc) is 2.26. The summed E-state index contributed by atoms with van der Waals surface area (Å²) >= 11 is 0. The van der Waals surface area contributed by atoms with Gasteiger partial charge in [0.1, 0.15) is 5.82 Å². The number of halogens is 1. The molecule has 0 heterocycles. The van der Waals surface area contributed by atoms with E-state index in [1.54, 1.807) is 26.2 Å². The van der Waals surface area contributed by atoms with E-state index in [1.807, 2.05) is 6.07 Å². The van der Waals surface area contributed by atoms with Crippen LogP contribution in [0.3, 0.4) is 0 Å². The van der Waals surface area contributed by atoms with E-state index in [0.717, 1.165) is 0 Å². The van der Waals surface area contributed by atoms with Crippen molar-refractivity contribution in [2.75, 3.05) is 14.1 Å². The standard InChI is InChI=1S/C12H13FN2O/c1-15(2)12(16)7-9(8-14)10-5-3-4-6-11(10)13/h3-6,9H,7H2,1-2H3. The smallest absolute Gasteiger partial charge is 0.223 e. The highest BCUT2D eigenvalue weighted by Gasteiger charge is 2.19. The molecule has 0 N–H and O–H groups in total. The highest BCUT2D eigenvalue weighted by molar-refractivity contribution is 5.77. The van der Waals surface area contributed by atoms with Gasteiger partial charge >= 0.3 is 0 Å². The van der Waals surface area contributed by atoms with Crippen LogP contribution in [-0.4, -0.2) is 24.9 Å². The fourth-order valence-corrected chi connectivity index (χ4v) is 1.34. The van der Waals surface area contributed by atoms with E-state index in [9.17, 15) is 9.18 Å². The monoisotopic (exact) mass is 220 g/mol. The predicted molar refractivity (Wildman–Crippen MR) is 58.1 cm³/mol. The van der Waals surface area contributed by atoms with E-state index in [0.29, 0.717) is 0 Å². The van der Waals surface area contributed by atoms with Crippen molar-refractivity contribution in [2.24, 2.45) is 0 Å². The molecule has 1 unspecified atom stereocenters. The van der Waals surface area contributed by atoms with Crippen LogP contribution in [0.4, 0.5) is 4.39 Å². The maximum atomic E-state index is 13.4. The number of carbonyl (C=O) groups is 1. The maximum Gasteiger partial charge on any atom is 0.223 e. The Balaban J connectivity index is 2.89. The third-order valence-corrected chi connectivity index (χ3v) is 2.31. The fourth-order valence-electron chi connectivity index (χ4n) is 1.34. The summed E-state index contributed by atoms with van der Waals surface area (Å²) < 4.78 is 13.4. The van der Waals surface area contributed by atoms with Gasteiger partial charge in [-0.15, -0.1) is 0 Å². The average molecular weight is 220 g/mol. The first-order valence-corrected chi connectivity index (χ1v) is 4.90. The molecule has 0 aromatic heterocycles. The number of rotatable bonds is 3. The quantitative estimate of drug-likeness (QED) is 0.781. The Kier molecular flexibility index (Phi) is 4.01. The third kappa shape index (κ3) is 2.80. The Morgan fingerprint density at radius 1 is 1.50 bits per heavy atom. The molecule has 1 aromatic rings. The predicted octanol–water partition coefficient (Wildman–Crippen LogP) is 1.91. The van der Waals surface area contributed by atoms with Gasteiger partial charge in [-0.25, -0.2) is 4.39 Å². The van der Waals surface area contributed by atoms with E-state index in [-0.39, 0.29) is 17.9 Å². The van der Waals surface area contributed by atoms with Gasteiger partial charge in [0.05, 0.1) is 12.0 Å². The Labute approximate surface area is 94.1 Å². The van der Waals surface area contributed by atoms with Crippen LogP contribution in [0.15, 0.2) is 24.3 Å². The van der Waals surface area contributed by atoms with Gasteiger partial charge in [-0.2, -0.15) is 5.26 Å². The molecule has 1 aromatic carbocycles. The molecule has 1 atom stereocenters. The minimum absolute atomic E-state index is 0.00440. The van der Waals surface area contributed by atoms with Crippen LogP contribution in [0.25, 0.3) is 0 Å². The van der Waals surface area contributed by atoms with Crippen molar-refractivity contribution >= 4 is 5.91 Å². The summed E-state index contributed by atoms with van der Waals surface area (Å²) in [4.78, 5) is 12.8. The maximum absolute atomic E-state index is 13.4. The SMILES string of the molecule is CN(C)C(=O)CC(C#N)c1ccccc1F. The number of nitriles is 1. The van der Waals surface area contributed by atoms with Crippen LogP contribution < -0.4 is 0 Å². The van der Waals surface area contributed by atoms with Crippen LogP contribution in [-0.2, 0) is 4.79 Å². The Morgan fingerprint density at radius 2 is 2.12 bits per heavy atom. The summed E-state index contributed by atoms with van der Waals surface area (Å²) in [6.45, 7) is 0. The van der Waals surface area contributed by atoms with Crippen molar-refractivity contribution in [3.63, 3.8) is 0 Å². The second-order valence-electron chi connectivity index (χ2n) is 3.70. The lowest BCUT2D eigenvalue weighted by Crippen LogP contribution is -2.23. The molecule has 0 bridgehead atoms. The molecule has 0 aliphatic heterocycles. The van der Waals surface area contributed by atoms with Gasteiger partial charge in [0, 0.05) is 26.1 Å². The number of carbonyl (C=O) groups excluding carboxylic acids is 1. The Morgan fingerprint density at radius 3 is 2.62 bits per heavy atom. The van der Waals surface area contributed by atoms with Gasteiger partial charge < -0.3 is 4.90 Å². The molecule has 0 radical (unpaired) electrons. The number of hydrogen-bond donors (Lipinski definition) is 0. The second-order valence-corrected chi connectivity index (χ2v) is 3.70. The van der Waals surface area contributed by atoms with Crippen LogP contribution in [0, 0.1) is 17.1 Å². The molecule has 4 heteroatoms. The lowest BCUT2D eigenvalue weighted by molar-refractivity contribution is -0.128. The van der Waals surface area contributed by atoms with Gasteiger partial charge in [-0.1, -0.05) is 18.2 Å². The fraction of sp³-hybridized carbons (Fsp3) is 0.333. The molecule has 84 valence electrons. The van der Waals surface area contributed by atoms with Crippen LogP contribution in [0.2, 0.25) is 0 Å². The molecule has 1 rings (SSSR count). The summed E-state index contributed by atoms with van der Waals surface area (Å²) in [6, 6.07) is 8.00. The van der Waals surface area contributed by atoms with E-state index >= 15 is 0 Å². The van der Waals surface area contributed by atoms with Crippen molar-refractivity contribution in [1.29, 1.82) is 5.26 Å². The highest BCUT2D eigenvalue weighted by Crippen LogP contribution is 2.22. The molecular weight excluding hydrogens is 207 g/mol. The first-order chi connectivity index (χ1) is 7.56. The van der Waals surface area contributed by atoms with Gasteiger partial charge in [0.25, 0.3) is 0 Å². The summed E-state index contributed by atoms with van der Waals surface area (Å²) in [5, 5.41) is 8.95. The second kappa shape index (κ2) is 5.26. The van der Waals surface area contributed by atoms with E-state index in [2.05, 4.69) is 0 Å². The van der Waals surface area contributed by atoms with Gasteiger partial charge in [-0.3, -0.25) is 4.79 Å². The zero-order valence-electron chi connectivity index (χ0n) is 9.27. The van der Waals surface area contributed by atoms with Crippen molar-refractivity contribution in [3.05, 3.63) is 35.6 Å². The third-order valence-electron chi connectivity index (χ3n) is 2.31. The van der Waals surface area contributed by atoms with Gasteiger partial charge in [0.2, 0.25) is 5.91 Å². The Hall–Kier alpha value is -1.89. The molecule has 0 fully saturated rings.